The van der Waals surface area contributed by atoms with Crippen LogP contribution in [0, 0.1) is 0 Å². The van der Waals surface area contributed by atoms with Crippen LogP contribution >= 0.6 is 11.6 Å². The first-order valence-electron chi connectivity index (χ1n) is 5.96. The molecule has 0 amide bonds. The van der Waals surface area contributed by atoms with Gasteiger partial charge in [-0.15, -0.1) is 0 Å². The standard InChI is InChI=1S/C13H19ClN2O4/c1-18-7-9(19-2)6-16-12-10(13(17)20-3)4-8(15)5-11(12)14/h4-5,9,16H,6-7,15H2,1-3H3. The van der Waals surface area contributed by atoms with Crippen molar-refractivity contribution >= 4 is 28.9 Å². The minimum absolute atomic E-state index is 0.167. The highest BCUT2D eigenvalue weighted by Crippen LogP contribution is 2.29. The van der Waals surface area contributed by atoms with Gasteiger partial charge < -0.3 is 25.3 Å². The number of benzene rings is 1. The average Bonchev–Trinajstić information content (AvgIpc) is 2.43. The highest BCUT2D eigenvalue weighted by molar-refractivity contribution is 6.34. The van der Waals surface area contributed by atoms with Gasteiger partial charge >= 0.3 is 5.97 Å². The SMILES string of the molecule is COCC(CNc1c(Cl)cc(N)cc1C(=O)OC)OC. The van der Waals surface area contributed by atoms with Crippen molar-refractivity contribution in [3.8, 4) is 0 Å². The van der Waals surface area contributed by atoms with Crippen molar-refractivity contribution < 1.29 is 19.0 Å². The highest BCUT2D eigenvalue weighted by Gasteiger charge is 2.17. The molecule has 20 heavy (non-hydrogen) atoms. The Labute approximate surface area is 123 Å². The van der Waals surface area contributed by atoms with Gasteiger partial charge in [0.25, 0.3) is 0 Å². The molecular formula is C13H19ClN2O4. The molecule has 0 aromatic heterocycles. The Morgan fingerprint density at radius 1 is 1.40 bits per heavy atom. The van der Waals surface area contributed by atoms with Gasteiger partial charge in [-0.3, -0.25) is 0 Å². The second-order valence-electron chi connectivity index (χ2n) is 4.11. The number of nitrogens with two attached hydrogens (primary N) is 1. The molecule has 0 radical (unpaired) electrons. The molecule has 0 saturated heterocycles. The van der Waals surface area contributed by atoms with E-state index in [-0.39, 0.29) is 11.7 Å². The zero-order valence-corrected chi connectivity index (χ0v) is 12.5. The molecular weight excluding hydrogens is 284 g/mol. The second kappa shape index (κ2) is 7.94. The maximum absolute atomic E-state index is 11.7. The lowest BCUT2D eigenvalue weighted by Gasteiger charge is -2.18. The van der Waals surface area contributed by atoms with E-state index >= 15 is 0 Å². The number of nitrogen functional groups attached to an aromatic ring is 1. The summed E-state index contributed by atoms with van der Waals surface area (Å²) < 4.78 is 15.0. The number of methoxy groups -OCH3 is 3. The monoisotopic (exact) mass is 302 g/mol. The topological polar surface area (TPSA) is 82.8 Å². The minimum Gasteiger partial charge on any atom is -0.465 e. The van der Waals surface area contributed by atoms with Crippen molar-refractivity contribution in [1.82, 2.24) is 0 Å². The fraction of sp³-hybridized carbons (Fsp3) is 0.462. The fourth-order valence-corrected chi connectivity index (χ4v) is 1.98. The molecule has 1 unspecified atom stereocenters. The van der Waals surface area contributed by atoms with E-state index in [0.29, 0.717) is 29.5 Å². The van der Waals surface area contributed by atoms with E-state index in [1.807, 2.05) is 0 Å². The van der Waals surface area contributed by atoms with E-state index in [2.05, 4.69) is 5.32 Å². The summed E-state index contributed by atoms with van der Waals surface area (Å²) >= 11 is 6.12. The van der Waals surface area contributed by atoms with Crippen LogP contribution < -0.4 is 11.1 Å². The number of carbonyl (C=O) groups excluding carboxylic acids is 1. The molecule has 7 heteroatoms. The van der Waals surface area contributed by atoms with Crippen LogP contribution in [-0.4, -0.2) is 46.6 Å². The molecule has 0 heterocycles. The van der Waals surface area contributed by atoms with Gasteiger partial charge in [-0.05, 0) is 12.1 Å². The number of ether oxygens (including phenoxy) is 3. The van der Waals surface area contributed by atoms with Crippen LogP contribution in [0.2, 0.25) is 5.02 Å². The predicted octanol–water partition coefficient (Wildman–Crippen LogP) is 1.78. The lowest BCUT2D eigenvalue weighted by atomic mass is 10.1. The summed E-state index contributed by atoms with van der Waals surface area (Å²) in [5, 5.41) is 3.41. The zero-order valence-electron chi connectivity index (χ0n) is 11.7. The van der Waals surface area contributed by atoms with Gasteiger partial charge in [0.05, 0.1) is 36.1 Å². The van der Waals surface area contributed by atoms with Crippen LogP contribution in [0.25, 0.3) is 0 Å². The molecule has 0 aliphatic heterocycles. The van der Waals surface area contributed by atoms with Gasteiger partial charge in [0.15, 0.2) is 0 Å². The van der Waals surface area contributed by atoms with Gasteiger partial charge in [-0.1, -0.05) is 11.6 Å². The van der Waals surface area contributed by atoms with Crippen molar-refractivity contribution in [2.24, 2.45) is 0 Å². The van der Waals surface area contributed by atoms with Gasteiger partial charge in [0.1, 0.15) is 0 Å². The summed E-state index contributed by atoms with van der Waals surface area (Å²) in [7, 11) is 4.46. The first kappa shape index (κ1) is 16.6. The molecule has 0 saturated carbocycles. The molecule has 0 aliphatic carbocycles. The Hall–Kier alpha value is -1.50. The normalized spacial score (nSPS) is 12.0. The Morgan fingerprint density at radius 2 is 2.10 bits per heavy atom. The van der Waals surface area contributed by atoms with E-state index in [1.54, 1.807) is 20.3 Å². The fourth-order valence-electron chi connectivity index (χ4n) is 1.69. The first-order valence-corrected chi connectivity index (χ1v) is 6.34. The molecule has 0 spiro atoms. The lowest BCUT2D eigenvalue weighted by molar-refractivity contribution is 0.0365. The van der Waals surface area contributed by atoms with Crippen LogP contribution in [-0.2, 0) is 14.2 Å². The number of hydrogen-bond acceptors (Lipinski definition) is 6. The van der Waals surface area contributed by atoms with Crippen LogP contribution in [0.3, 0.4) is 0 Å². The molecule has 112 valence electrons. The lowest BCUT2D eigenvalue weighted by Crippen LogP contribution is -2.27. The van der Waals surface area contributed by atoms with Crippen LogP contribution in [0.5, 0.6) is 0 Å². The minimum atomic E-state index is -0.512. The van der Waals surface area contributed by atoms with Crippen molar-refractivity contribution in [3.63, 3.8) is 0 Å². The molecule has 1 aromatic carbocycles. The Kier molecular flexibility index (Phi) is 6.57. The number of nitrogens with one attached hydrogen (secondary N) is 1. The Bertz CT molecular complexity index is 468. The van der Waals surface area contributed by atoms with E-state index in [4.69, 9.17) is 31.5 Å². The zero-order chi connectivity index (χ0) is 15.1. The van der Waals surface area contributed by atoms with Gasteiger partial charge in [-0.25, -0.2) is 4.79 Å². The maximum atomic E-state index is 11.7. The Morgan fingerprint density at radius 3 is 2.65 bits per heavy atom. The second-order valence-corrected chi connectivity index (χ2v) is 4.52. The van der Waals surface area contributed by atoms with Crippen LogP contribution in [0.15, 0.2) is 12.1 Å². The summed E-state index contributed by atoms with van der Waals surface area (Å²) in [4.78, 5) is 11.7. The average molecular weight is 303 g/mol. The molecule has 1 aromatic rings. The molecule has 0 aliphatic rings. The molecule has 0 fully saturated rings. The van der Waals surface area contributed by atoms with Crippen molar-refractivity contribution in [2.45, 2.75) is 6.10 Å². The quantitative estimate of drug-likeness (QED) is 0.590. The highest BCUT2D eigenvalue weighted by atomic mass is 35.5. The Balaban J connectivity index is 2.95. The number of carbonyl (C=O) groups is 1. The number of anilines is 2. The summed E-state index contributed by atoms with van der Waals surface area (Å²) in [6.45, 7) is 0.849. The van der Waals surface area contributed by atoms with Gasteiger partial charge in [-0.2, -0.15) is 0 Å². The van der Waals surface area contributed by atoms with Gasteiger partial charge in [0, 0.05) is 26.5 Å². The van der Waals surface area contributed by atoms with Crippen molar-refractivity contribution in [3.05, 3.63) is 22.7 Å². The third-order valence-electron chi connectivity index (χ3n) is 2.71. The molecule has 1 rings (SSSR count). The number of hydrogen-bond donors (Lipinski definition) is 2. The largest absolute Gasteiger partial charge is 0.465 e. The predicted molar refractivity (Wildman–Crippen MR) is 78.4 cm³/mol. The van der Waals surface area contributed by atoms with Crippen molar-refractivity contribution in [1.29, 1.82) is 0 Å². The van der Waals surface area contributed by atoms with Gasteiger partial charge in [0.2, 0.25) is 0 Å². The van der Waals surface area contributed by atoms with Crippen LogP contribution in [0.4, 0.5) is 11.4 Å². The maximum Gasteiger partial charge on any atom is 0.340 e. The number of esters is 1. The van der Waals surface area contributed by atoms with E-state index in [9.17, 15) is 4.79 Å². The summed E-state index contributed by atoms with van der Waals surface area (Å²) in [6.07, 6.45) is -0.167. The molecule has 6 nitrogen and oxygen atoms in total. The molecule has 1 atom stereocenters. The van der Waals surface area contributed by atoms with E-state index in [1.165, 1.54) is 13.2 Å². The third-order valence-corrected chi connectivity index (χ3v) is 3.01. The summed E-state index contributed by atoms with van der Waals surface area (Å²) in [5.41, 5.74) is 6.82. The summed E-state index contributed by atoms with van der Waals surface area (Å²) in [6, 6.07) is 3.08. The summed E-state index contributed by atoms with van der Waals surface area (Å²) in [5.74, 6) is -0.512. The van der Waals surface area contributed by atoms with Crippen molar-refractivity contribution in [2.75, 3.05) is 45.5 Å². The number of rotatable bonds is 7. The first-order chi connectivity index (χ1) is 9.53. The van der Waals surface area contributed by atoms with E-state index in [0.717, 1.165) is 0 Å². The third kappa shape index (κ3) is 4.26. The molecule has 3 N–H and O–H groups in total. The van der Waals surface area contributed by atoms with Crippen LogP contribution in [0.1, 0.15) is 10.4 Å². The molecule has 0 bridgehead atoms. The smallest absolute Gasteiger partial charge is 0.340 e. The number of halogens is 1. The van der Waals surface area contributed by atoms with E-state index < -0.39 is 5.97 Å².